The number of amides is 1. The molecular weight excluding hydrogens is 399 g/mol. The summed E-state index contributed by atoms with van der Waals surface area (Å²) >= 11 is 0. The van der Waals surface area contributed by atoms with Gasteiger partial charge in [0.25, 0.3) is 5.91 Å². The van der Waals surface area contributed by atoms with Gasteiger partial charge in [0.15, 0.2) is 5.69 Å². The van der Waals surface area contributed by atoms with E-state index in [0.29, 0.717) is 17.3 Å². The van der Waals surface area contributed by atoms with Gasteiger partial charge in [-0.25, -0.2) is 14.1 Å². The molecule has 0 fully saturated rings. The van der Waals surface area contributed by atoms with Gasteiger partial charge in [0.05, 0.1) is 12.8 Å². The summed E-state index contributed by atoms with van der Waals surface area (Å²) in [5, 5.41) is 7.12. The van der Waals surface area contributed by atoms with Crippen molar-refractivity contribution in [3.05, 3.63) is 96.2 Å². The number of benzene rings is 2. The quantitative estimate of drug-likeness (QED) is 0.488. The molecule has 2 aromatic heterocycles. The van der Waals surface area contributed by atoms with Crippen LogP contribution in [0.4, 0.5) is 4.39 Å². The maximum Gasteiger partial charge on any atom is 0.272 e. The number of hydrogen-bond donors (Lipinski definition) is 1. The van der Waals surface area contributed by atoms with Crippen molar-refractivity contribution < 1.29 is 18.7 Å². The van der Waals surface area contributed by atoms with Gasteiger partial charge in [0.2, 0.25) is 5.88 Å². The normalized spacial score (nSPS) is 10.5. The number of hydrogen-bond acceptors (Lipinski definition) is 5. The maximum atomic E-state index is 13.2. The molecule has 0 saturated heterocycles. The van der Waals surface area contributed by atoms with Crippen LogP contribution in [0.3, 0.4) is 0 Å². The van der Waals surface area contributed by atoms with Crippen molar-refractivity contribution in [2.45, 2.75) is 6.54 Å². The summed E-state index contributed by atoms with van der Waals surface area (Å²) in [6.07, 6.45) is 3.31. The van der Waals surface area contributed by atoms with E-state index in [1.165, 1.54) is 12.1 Å². The fraction of sp³-hybridized carbons (Fsp3) is 0.0870. The summed E-state index contributed by atoms with van der Waals surface area (Å²) < 4.78 is 25.5. The molecule has 4 aromatic rings. The Morgan fingerprint density at radius 2 is 1.90 bits per heavy atom. The molecule has 31 heavy (non-hydrogen) atoms. The number of methoxy groups -OCH3 is 1. The van der Waals surface area contributed by atoms with Crippen LogP contribution in [0.2, 0.25) is 0 Å². The zero-order chi connectivity index (χ0) is 21.6. The molecule has 0 spiro atoms. The lowest BCUT2D eigenvalue weighted by atomic mass is 10.3. The number of carbonyl (C=O) groups excluding carboxylic acids is 1. The minimum atomic E-state index is -0.383. The van der Waals surface area contributed by atoms with Crippen LogP contribution in [0.1, 0.15) is 16.1 Å². The lowest BCUT2D eigenvalue weighted by molar-refractivity contribution is 0.0945. The number of rotatable bonds is 7. The standard InChI is InChI=1S/C23H19FN4O3/c1-30-19-8-6-18(7-9-19)28-12-11-21(27-28)23(29)26-15-16-5-10-22(25-14-16)31-20-4-2-3-17(24)13-20/h2-14H,15H2,1H3,(H,26,29). The second-order valence-corrected chi connectivity index (χ2v) is 6.59. The second kappa shape index (κ2) is 9.08. The Hall–Kier alpha value is -4.20. The molecule has 0 atom stereocenters. The van der Waals surface area contributed by atoms with Gasteiger partial charge < -0.3 is 14.8 Å². The zero-order valence-corrected chi connectivity index (χ0v) is 16.7. The molecule has 0 saturated carbocycles. The lowest BCUT2D eigenvalue weighted by Crippen LogP contribution is -2.23. The number of aromatic nitrogens is 3. The Morgan fingerprint density at radius 1 is 1.06 bits per heavy atom. The van der Waals surface area contributed by atoms with Gasteiger partial charge in [-0.15, -0.1) is 0 Å². The van der Waals surface area contributed by atoms with E-state index in [1.54, 1.807) is 54.5 Å². The Labute approximate surface area is 178 Å². The highest BCUT2D eigenvalue weighted by Crippen LogP contribution is 2.20. The van der Waals surface area contributed by atoms with Crippen LogP contribution >= 0.6 is 0 Å². The average molecular weight is 418 g/mol. The van der Waals surface area contributed by atoms with Crippen molar-refractivity contribution in [2.24, 2.45) is 0 Å². The van der Waals surface area contributed by atoms with Crippen molar-refractivity contribution >= 4 is 5.91 Å². The molecule has 0 bridgehead atoms. The third-order valence-electron chi connectivity index (χ3n) is 4.43. The number of ether oxygens (including phenoxy) is 2. The third-order valence-corrected chi connectivity index (χ3v) is 4.43. The van der Waals surface area contributed by atoms with Crippen LogP contribution in [-0.4, -0.2) is 27.8 Å². The summed E-state index contributed by atoms with van der Waals surface area (Å²) in [7, 11) is 1.60. The Balaban J connectivity index is 1.33. The fourth-order valence-corrected chi connectivity index (χ4v) is 2.82. The topological polar surface area (TPSA) is 78.3 Å². The lowest BCUT2D eigenvalue weighted by Gasteiger charge is -2.07. The van der Waals surface area contributed by atoms with Gasteiger partial charge >= 0.3 is 0 Å². The van der Waals surface area contributed by atoms with Gasteiger partial charge in [0.1, 0.15) is 17.3 Å². The van der Waals surface area contributed by atoms with Gasteiger partial charge in [-0.1, -0.05) is 12.1 Å². The zero-order valence-electron chi connectivity index (χ0n) is 16.7. The largest absolute Gasteiger partial charge is 0.497 e. The second-order valence-electron chi connectivity index (χ2n) is 6.59. The molecule has 2 heterocycles. The van der Waals surface area contributed by atoms with E-state index in [0.717, 1.165) is 17.0 Å². The van der Waals surface area contributed by atoms with Crippen molar-refractivity contribution in [1.29, 1.82) is 0 Å². The molecule has 1 amide bonds. The summed E-state index contributed by atoms with van der Waals surface area (Å²) in [6, 6.07) is 18.3. The van der Waals surface area contributed by atoms with Gasteiger partial charge in [-0.3, -0.25) is 4.79 Å². The fourth-order valence-electron chi connectivity index (χ4n) is 2.82. The summed E-state index contributed by atoms with van der Waals surface area (Å²) in [6.45, 7) is 0.279. The van der Waals surface area contributed by atoms with Crippen molar-refractivity contribution in [3.8, 4) is 23.1 Å². The van der Waals surface area contributed by atoms with E-state index in [4.69, 9.17) is 9.47 Å². The highest BCUT2D eigenvalue weighted by molar-refractivity contribution is 5.92. The third kappa shape index (κ3) is 5.05. The van der Waals surface area contributed by atoms with Crippen LogP contribution in [-0.2, 0) is 6.54 Å². The summed E-state index contributed by atoms with van der Waals surface area (Å²) in [5.74, 6) is 0.758. The van der Waals surface area contributed by atoms with Gasteiger partial charge in [-0.2, -0.15) is 5.10 Å². The van der Waals surface area contributed by atoms with E-state index in [9.17, 15) is 9.18 Å². The predicted octanol–water partition coefficient (Wildman–Crippen LogP) is 4.14. The molecule has 156 valence electrons. The SMILES string of the molecule is COc1ccc(-n2ccc(C(=O)NCc3ccc(Oc4cccc(F)c4)nc3)n2)cc1. The molecule has 1 N–H and O–H groups in total. The number of halogens is 1. The first-order valence-corrected chi connectivity index (χ1v) is 9.47. The first kappa shape index (κ1) is 20.1. The highest BCUT2D eigenvalue weighted by atomic mass is 19.1. The van der Waals surface area contributed by atoms with Crippen LogP contribution in [0.25, 0.3) is 5.69 Å². The molecular formula is C23H19FN4O3. The van der Waals surface area contributed by atoms with Crippen molar-refractivity contribution in [1.82, 2.24) is 20.1 Å². The first-order chi connectivity index (χ1) is 15.1. The van der Waals surface area contributed by atoms with Crippen LogP contribution < -0.4 is 14.8 Å². The maximum absolute atomic E-state index is 13.2. The van der Waals surface area contributed by atoms with Crippen LogP contribution in [0, 0.1) is 5.82 Å². The predicted molar refractivity (Wildman–Crippen MR) is 112 cm³/mol. The molecule has 0 aliphatic heterocycles. The smallest absolute Gasteiger partial charge is 0.272 e. The summed E-state index contributed by atoms with van der Waals surface area (Å²) in [5.41, 5.74) is 1.90. The molecule has 0 aliphatic carbocycles. The van der Waals surface area contributed by atoms with E-state index in [-0.39, 0.29) is 18.3 Å². The number of nitrogens with zero attached hydrogens (tertiary/aromatic N) is 3. The van der Waals surface area contributed by atoms with Gasteiger partial charge in [0, 0.05) is 31.1 Å². The molecule has 8 heteroatoms. The Kier molecular flexibility index (Phi) is 5.89. The molecule has 4 rings (SSSR count). The first-order valence-electron chi connectivity index (χ1n) is 9.47. The van der Waals surface area contributed by atoms with E-state index in [2.05, 4.69) is 15.4 Å². The number of nitrogens with one attached hydrogen (secondary N) is 1. The monoisotopic (exact) mass is 418 g/mol. The molecule has 0 radical (unpaired) electrons. The van der Waals surface area contributed by atoms with E-state index < -0.39 is 0 Å². The number of pyridine rings is 1. The van der Waals surface area contributed by atoms with Crippen LogP contribution in [0.5, 0.6) is 17.4 Å². The summed E-state index contributed by atoms with van der Waals surface area (Å²) in [4.78, 5) is 16.6. The van der Waals surface area contributed by atoms with Gasteiger partial charge in [-0.05, 0) is 48.0 Å². The van der Waals surface area contributed by atoms with E-state index in [1.807, 2.05) is 24.3 Å². The minimum absolute atomic E-state index is 0.279. The van der Waals surface area contributed by atoms with Crippen molar-refractivity contribution in [2.75, 3.05) is 7.11 Å². The van der Waals surface area contributed by atoms with Crippen molar-refractivity contribution in [3.63, 3.8) is 0 Å². The molecule has 0 unspecified atom stereocenters. The molecule has 2 aromatic carbocycles. The Bertz CT molecular complexity index is 1170. The van der Waals surface area contributed by atoms with E-state index >= 15 is 0 Å². The molecule has 7 nitrogen and oxygen atoms in total. The molecule has 0 aliphatic rings. The van der Waals surface area contributed by atoms with Crippen LogP contribution in [0.15, 0.2) is 79.1 Å². The minimum Gasteiger partial charge on any atom is -0.497 e. The Morgan fingerprint density at radius 3 is 2.61 bits per heavy atom. The highest BCUT2D eigenvalue weighted by Gasteiger charge is 2.10. The average Bonchev–Trinajstić information content (AvgIpc) is 3.29. The number of carbonyl (C=O) groups is 1.